The molecule has 0 aromatic rings. The van der Waals surface area contributed by atoms with Crippen molar-refractivity contribution in [3.63, 3.8) is 0 Å². The summed E-state index contributed by atoms with van der Waals surface area (Å²) in [5, 5.41) is 8.90. The molecule has 0 radical (unpaired) electrons. The third-order valence-corrected chi connectivity index (χ3v) is 10.4. The lowest BCUT2D eigenvalue weighted by Gasteiger charge is -2.20. The van der Waals surface area contributed by atoms with Crippen LogP contribution < -0.4 is 5.73 Å². The quantitative estimate of drug-likeness (QED) is 0.0231. The van der Waals surface area contributed by atoms with Gasteiger partial charge in [0.15, 0.2) is 6.10 Å². The van der Waals surface area contributed by atoms with Gasteiger partial charge in [-0.25, -0.2) is 4.57 Å². The molecule has 0 rings (SSSR count). The molecule has 11 nitrogen and oxygen atoms in total. The van der Waals surface area contributed by atoms with E-state index < -0.39 is 51.1 Å². The summed E-state index contributed by atoms with van der Waals surface area (Å²) in [7, 11) is -4.74. The number of carboxylic acids is 1. The third kappa shape index (κ3) is 41.6. The molecule has 0 amide bonds. The van der Waals surface area contributed by atoms with Gasteiger partial charge in [-0.3, -0.25) is 23.4 Å². The fraction of sp³-hybridized carbons (Fsp3) is 0.688. The molecule has 0 saturated carbocycles. The first-order valence-electron chi connectivity index (χ1n) is 23.0. The highest BCUT2D eigenvalue weighted by molar-refractivity contribution is 7.47. The predicted octanol–water partition coefficient (Wildman–Crippen LogP) is 12.5. The number of carbonyl (C=O) groups excluding carboxylic acids is 2. The van der Waals surface area contributed by atoms with Gasteiger partial charge in [-0.05, 0) is 77.0 Å². The summed E-state index contributed by atoms with van der Waals surface area (Å²) >= 11 is 0. The molecule has 0 bridgehead atoms. The van der Waals surface area contributed by atoms with Gasteiger partial charge in [0.05, 0.1) is 13.2 Å². The van der Waals surface area contributed by atoms with Gasteiger partial charge in [0.2, 0.25) is 0 Å². The molecule has 12 heteroatoms. The van der Waals surface area contributed by atoms with Crippen LogP contribution in [0.25, 0.3) is 0 Å². The zero-order valence-corrected chi connectivity index (χ0v) is 38.2. The Morgan fingerprint density at radius 3 is 1.47 bits per heavy atom. The van der Waals surface area contributed by atoms with Crippen LogP contribution in [0.1, 0.15) is 181 Å². The molecule has 0 aliphatic carbocycles. The van der Waals surface area contributed by atoms with Gasteiger partial charge in [-0.15, -0.1) is 0 Å². The number of carbonyl (C=O) groups is 3. The number of rotatable bonds is 42. The van der Waals surface area contributed by atoms with E-state index in [4.69, 9.17) is 24.8 Å². The minimum atomic E-state index is -4.74. The highest BCUT2D eigenvalue weighted by atomic mass is 31.2. The molecule has 0 heterocycles. The maximum atomic E-state index is 12.7. The lowest BCUT2D eigenvalue weighted by Crippen LogP contribution is -2.34. The van der Waals surface area contributed by atoms with Crippen molar-refractivity contribution in [2.24, 2.45) is 5.73 Å². The van der Waals surface area contributed by atoms with Gasteiger partial charge in [-0.2, -0.15) is 0 Å². The van der Waals surface area contributed by atoms with Crippen LogP contribution in [-0.2, 0) is 37.5 Å². The summed E-state index contributed by atoms with van der Waals surface area (Å²) in [6, 6.07) is -1.53. The van der Waals surface area contributed by atoms with Crippen LogP contribution in [0, 0.1) is 0 Å². The summed E-state index contributed by atoms with van der Waals surface area (Å²) < 4.78 is 32.7. The molecule has 3 atom stereocenters. The molecule has 4 N–H and O–H groups in total. The topological polar surface area (TPSA) is 172 Å². The maximum absolute atomic E-state index is 12.7. The van der Waals surface area contributed by atoms with Gasteiger partial charge in [0.25, 0.3) is 0 Å². The Labute approximate surface area is 363 Å². The average molecular weight is 864 g/mol. The second-order valence-electron chi connectivity index (χ2n) is 15.1. The first kappa shape index (κ1) is 56.9. The molecular weight excluding hydrogens is 781 g/mol. The number of esters is 2. The molecular formula is C48H82NO10P. The molecule has 0 spiro atoms. The van der Waals surface area contributed by atoms with Crippen molar-refractivity contribution in [3.8, 4) is 0 Å². The van der Waals surface area contributed by atoms with Gasteiger partial charge >= 0.3 is 25.7 Å². The smallest absolute Gasteiger partial charge is 0.472 e. The number of ether oxygens (including phenoxy) is 2. The number of carboxylic acid groups (broad SMARTS) is 1. The van der Waals surface area contributed by atoms with E-state index in [9.17, 15) is 23.8 Å². The van der Waals surface area contributed by atoms with E-state index >= 15 is 0 Å². The minimum absolute atomic E-state index is 0.139. The Hall–Kier alpha value is -3.08. The van der Waals surface area contributed by atoms with Crippen molar-refractivity contribution in [3.05, 3.63) is 72.9 Å². The van der Waals surface area contributed by atoms with Crippen molar-refractivity contribution in [1.29, 1.82) is 0 Å². The largest absolute Gasteiger partial charge is 0.480 e. The average Bonchev–Trinajstić information content (AvgIpc) is 3.22. The standard InChI is InChI=1S/C48H82NO10P/c1-3-5-7-9-11-13-15-17-19-21-22-24-26-28-30-32-34-36-38-40-47(51)59-44(42-57-60(54,55)58-43-45(49)48(52)53)41-56-46(50)39-37-35-33-31-29-27-25-23-20-18-16-14-12-10-8-6-4-2/h6,8,12,14,18,20-22,25,27,31,33,44-45H,3-5,7,9-11,13,15-17,19,23-24,26,28-30,32,34-43,49H2,1-2H3,(H,52,53)(H,54,55)/b8-6-,14-12-,20-18-,22-21-,27-25-,33-31-/t44-,45+/m1/s1. The fourth-order valence-corrected chi connectivity index (χ4v) is 6.64. The van der Waals surface area contributed by atoms with Crippen LogP contribution in [0.15, 0.2) is 72.9 Å². The molecule has 0 fully saturated rings. The number of hydrogen-bond donors (Lipinski definition) is 3. The summed E-state index contributed by atoms with van der Waals surface area (Å²) in [6.07, 6.45) is 51.1. The van der Waals surface area contributed by atoms with Gasteiger partial charge in [-0.1, -0.05) is 164 Å². The number of phosphoric ester groups is 1. The molecule has 1 unspecified atom stereocenters. The van der Waals surface area contributed by atoms with E-state index in [-0.39, 0.29) is 19.4 Å². The zero-order chi connectivity index (χ0) is 44.2. The van der Waals surface area contributed by atoms with Crippen LogP contribution in [0.3, 0.4) is 0 Å². The Morgan fingerprint density at radius 2 is 0.950 bits per heavy atom. The Kier molecular flexibility index (Phi) is 40.4. The number of unbranched alkanes of at least 4 members (excludes halogenated alkanes) is 16. The summed E-state index contributed by atoms with van der Waals surface area (Å²) in [4.78, 5) is 46.0. The number of aliphatic carboxylic acids is 1. The van der Waals surface area contributed by atoms with E-state index in [2.05, 4.69) is 79.1 Å². The Morgan fingerprint density at radius 1 is 0.533 bits per heavy atom. The van der Waals surface area contributed by atoms with E-state index in [1.54, 1.807) is 0 Å². The molecule has 344 valence electrons. The summed E-state index contributed by atoms with van der Waals surface area (Å²) in [5.41, 5.74) is 5.34. The van der Waals surface area contributed by atoms with E-state index in [0.717, 1.165) is 64.2 Å². The molecule has 0 aliphatic heterocycles. The molecule has 0 saturated heterocycles. The second-order valence-corrected chi connectivity index (χ2v) is 16.6. The third-order valence-electron chi connectivity index (χ3n) is 9.44. The summed E-state index contributed by atoms with van der Waals surface area (Å²) in [6.45, 7) is 2.63. The Bertz CT molecular complexity index is 1290. The fourth-order valence-electron chi connectivity index (χ4n) is 5.86. The zero-order valence-electron chi connectivity index (χ0n) is 37.3. The molecule has 0 aromatic heterocycles. The maximum Gasteiger partial charge on any atom is 0.472 e. The highest BCUT2D eigenvalue weighted by Gasteiger charge is 2.28. The molecule has 60 heavy (non-hydrogen) atoms. The highest BCUT2D eigenvalue weighted by Crippen LogP contribution is 2.43. The molecule has 0 aliphatic rings. The van der Waals surface area contributed by atoms with Crippen molar-refractivity contribution in [1.82, 2.24) is 0 Å². The van der Waals surface area contributed by atoms with Crippen molar-refractivity contribution in [2.75, 3.05) is 19.8 Å². The number of hydrogen-bond acceptors (Lipinski definition) is 9. The van der Waals surface area contributed by atoms with Crippen molar-refractivity contribution in [2.45, 2.75) is 193 Å². The van der Waals surface area contributed by atoms with Crippen molar-refractivity contribution >= 4 is 25.7 Å². The predicted molar refractivity (Wildman–Crippen MR) is 244 cm³/mol. The Balaban J connectivity index is 4.42. The first-order valence-corrected chi connectivity index (χ1v) is 24.5. The lowest BCUT2D eigenvalue weighted by atomic mass is 10.1. The monoisotopic (exact) mass is 864 g/mol. The van der Waals surface area contributed by atoms with Gasteiger partial charge in [0.1, 0.15) is 12.6 Å². The van der Waals surface area contributed by atoms with Crippen LogP contribution in [-0.4, -0.2) is 59.9 Å². The van der Waals surface area contributed by atoms with E-state index in [1.807, 2.05) is 12.2 Å². The first-order chi connectivity index (χ1) is 29.1. The molecule has 0 aromatic carbocycles. The SMILES string of the molecule is CC/C=C\C/C=C\C/C=C\C/C=C\C/C=C\CCCC(=O)OC[C@H](COP(=O)(O)OC[C@H](N)C(=O)O)OC(=O)CCCCCCCCC/C=C\CCCCCCCCCC. The van der Waals surface area contributed by atoms with E-state index in [0.29, 0.717) is 19.3 Å². The normalized spacial score (nSPS) is 14.3. The summed E-state index contributed by atoms with van der Waals surface area (Å²) in [5.74, 6) is -2.46. The number of nitrogens with two attached hydrogens (primary N) is 1. The van der Waals surface area contributed by atoms with Crippen LogP contribution in [0.2, 0.25) is 0 Å². The van der Waals surface area contributed by atoms with Crippen LogP contribution in [0.5, 0.6) is 0 Å². The van der Waals surface area contributed by atoms with Crippen molar-refractivity contribution < 1.29 is 47.5 Å². The second kappa shape index (κ2) is 42.6. The van der Waals surface area contributed by atoms with Crippen LogP contribution in [0.4, 0.5) is 0 Å². The van der Waals surface area contributed by atoms with Gasteiger partial charge in [0, 0.05) is 12.8 Å². The number of phosphoric acid groups is 1. The van der Waals surface area contributed by atoms with Crippen LogP contribution >= 0.6 is 7.82 Å². The lowest BCUT2D eigenvalue weighted by molar-refractivity contribution is -0.161. The van der Waals surface area contributed by atoms with E-state index in [1.165, 1.54) is 70.6 Å². The number of allylic oxidation sites excluding steroid dienone is 12. The van der Waals surface area contributed by atoms with Gasteiger partial charge < -0.3 is 25.2 Å². The minimum Gasteiger partial charge on any atom is -0.480 e.